The van der Waals surface area contributed by atoms with Gasteiger partial charge in [0.2, 0.25) is 5.82 Å². The van der Waals surface area contributed by atoms with Crippen molar-refractivity contribution in [3.63, 3.8) is 0 Å². The molecular weight excluding hydrogens is 414 g/mol. The number of nitrogens with one attached hydrogen (secondary N) is 3. The molecule has 0 aliphatic heterocycles. The van der Waals surface area contributed by atoms with Crippen LogP contribution in [0.15, 0.2) is 18.5 Å². The van der Waals surface area contributed by atoms with Crippen molar-refractivity contribution >= 4 is 29.4 Å². The number of carbonyl (C=O) groups excluding carboxylic acids is 3. The third kappa shape index (κ3) is 7.41. The van der Waals surface area contributed by atoms with Crippen LogP contribution in [-0.4, -0.2) is 69.7 Å². The van der Waals surface area contributed by atoms with Crippen LogP contribution in [-0.2, 0) is 18.8 Å². The quantitative estimate of drug-likeness (QED) is 0.532. The van der Waals surface area contributed by atoms with E-state index in [1.54, 1.807) is 51.7 Å². The highest BCUT2D eigenvalue weighted by molar-refractivity contribution is 6.03. The zero-order valence-electron chi connectivity index (χ0n) is 19.8. The molecule has 2 aromatic heterocycles. The third-order valence-corrected chi connectivity index (χ3v) is 4.27. The largest absolute Gasteiger partial charge is 0.444 e. The van der Waals surface area contributed by atoms with Crippen molar-refractivity contribution in [2.45, 2.75) is 32.8 Å². The number of aromatic nitrogens is 3. The van der Waals surface area contributed by atoms with Crippen LogP contribution >= 0.6 is 0 Å². The zero-order valence-corrected chi connectivity index (χ0v) is 19.8. The standard InChI is InChI=1S/C21H33N7O4/c1-21(2,3)32-20(31)25-16-13-28(7)17(24-16)19(30)23-14-11-15(27(6)12-14)18(29)22-9-8-10-26(4)5/h11-13H,8-10H2,1-7H3,(H,22,29)(H,23,30)(H,25,31). The minimum absolute atomic E-state index is 0.0922. The lowest BCUT2D eigenvalue weighted by Gasteiger charge is -2.18. The second-order valence-electron chi connectivity index (χ2n) is 8.78. The van der Waals surface area contributed by atoms with Gasteiger partial charge in [0.1, 0.15) is 11.3 Å². The van der Waals surface area contributed by atoms with Crippen molar-refractivity contribution in [1.29, 1.82) is 0 Å². The molecule has 0 aliphatic carbocycles. The molecule has 0 radical (unpaired) electrons. The fraction of sp³-hybridized carbons (Fsp3) is 0.524. The monoisotopic (exact) mass is 447 g/mol. The lowest BCUT2D eigenvalue weighted by atomic mass is 10.2. The molecule has 0 unspecified atom stereocenters. The van der Waals surface area contributed by atoms with Gasteiger partial charge in [-0.1, -0.05) is 0 Å². The van der Waals surface area contributed by atoms with Crippen molar-refractivity contribution in [3.05, 3.63) is 30.0 Å². The van der Waals surface area contributed by atoms with Gasteiger partial charge in [-0.05, 0) is 53.9 Å². The Morgan fingerprint density at radius 2 is 1.75 bits per heavy atom. The SMILES string of the molecule is CN(C)CCCNC(=O)c1cc(NC(=O)c2nc(NC(=O)OC(C)(C)C)cn2C)cn1C. The summed E-state index contributed by atoms with van der Waals surface area (Å²) in [5.41, 5.74) is 0.237. The lowest BCUT2D eigenvalue weighted by Crippen LogP contribution is -2.28. The van der Waals surface area contributed by atoms with E-state index < -0.39 is 17.6 Å². The van der Waals surface area contributed by atoms with E-state index in [4.69, 9.17) is 4.74 Å². The van der Waals surface area contributed by atoms with Crippen LogP contribution in [0, 0.1) is 0 Å². The summed E-state index contributed by atoms with van der Waals surface area (Å²) in [5.74, 6) is -0.409. The first-order valence-electron chi connectivity index (χ1n) is 10.3. The van der Waals surface area contributed by atoms with Crippen LogP contribution in [0.2, 0.25) is 0 Å². The van der Waals surface area contributed by atoms with E-state index >= 15 is 0 Å². The van der Waals surface area contributed by atoms with Crippen molar-refractivity contribution in [1.82, 2.24) is 24.3 Å². The topological polar surface area (TPSA) is 123 Å². The second-order valence-corrected chi connectivity index (χ2v) is 8.78. The number of aryl methyl sites for hydroxylation is 2. The number of hydrogen-bond acceptors (Lipinski definition) is 6. The fourth-order valence-electron chi connectivity index (χ4n) is 2.88. The fourth-order valence-corrected chi connectivity index (χ4v) is 2.88. The minimum atomic E-state index is -0.660. The molecule has 0 spiro atoms. The number of hydrogen-bond donors (Lipinski definition) is 3. The van der Waals surface area contributed by atoms with Crippen molar-refractivity contribution < 1.29 is 19.1 Å². The second kappa shape index (κ2) is 10.3. The summed E-state index contributed by atoms with van der Waals surface area (Å²) in [7, 11) is 7.33. The van der Waals surface area contributed by atoms with Gasteiger partial charge in [-0.3, -0.25) is 14.9 Å². The van der Waals surface area contributed by atoms with Gasteiger partial charge in [-0.25, -0.2) is 9.78 Å². The number of anilines is 2. The van der Waals surface area contributed by atoms with Gasteiger partial charge in [-0.15, -0.1) is 0 Å². The van der Waals surface area contributed by atoms with Gasteiger partial charge >= 0.3 is 6.09 Å². The van der Waals surface area contributed by atoms with E-state index in [-0.39, 0.29) is 17.5 Å². The van der Waals surface area contributed by atoms with Crippen molar-refractivity contribution in [2.24, 2.45) is 14.1 Å². The average Bonchev–Trinajstić information content (AvgIpc) is 3.18. The van der Waals surface area contributed by atoms with Crippen molar-refractivity contribution in [3.8, 4) is 0 Å². The molecular formula is C21H33N7O4. The van der Waals surface area contributed by atoms with Crippen LogP contribution in [0.25, 0.3) is 0 Å². The summed E-state index contributed by atoms with van der Waals surface area (Å²) < 4.78 is 8.32. The number of imidazole rings is 1. The summed E-state index contributed by atoms with van der Waals surface area (Å²) in [5, 5.41) is 8.11. The highest BCUT2D eigenvalue weighted by Gasteiger charge is 2.20. The Balaban J connectivity index is 2.00. The summed E-state index contributed by atoms with van der Waals surface area (Å²) in [4.78, 5) is 43.2. The molecule has 3 N–H and O–H groups in total. The Hall–Kier alpha value is -3.34. The first kappa shape index (κ1) is 24.9. The lowest BCUT2D eigenvalue weighted by molar-refractivity contribution is 0.0634. The Kier molecular flexibility index (Phi) is 8.03. The molecule has 176 valence electrons. The van der Waals surface area contributed by atoms with Gasteiger partial charge in [0.15, 0.2) is 5.82 Å². The van der Waals surface area contributed by atoms with E-state index in [9.17, 15) is 14.4 Å². The smallest absolute Gasteiger partial charge is 0.413 e. The molecule has 2 aromatic rings. The van der Waals surface area contributed by atoms with Crippen molar-refractivity contribution in [2.75, 3.05) is 37.8 Å². The van der Waals surface area contributed by atoms with Crippen LogP contribution < -0.4 is 16.0 Å². The summed E-state index contributed by atoms with van der Waals surface area (Å²) >= 11 is 0. The number of amides is 3. The van der Waals surface area contributed by atoms with E-state index in [0.717, 1.165) is 13.0 Å². The molecule has 11 nitrogen and oxygen atoms in total. The molecule has 11 heteroatoms. The number of ether oxygens (including phenoxy) is 1. The van der Waals surface area contributed by atoms with Gasteiger partial charge in [0.05, 0.1) is 5.69 Å². The van der Waals surface area contributed by atoms with E-state index in [1.165, 1.54) is 10.8 Å². The Morgan fingerprint density at radius 3 is 2.38 bits per heavy atom. The number of rotatable bonds is 8. The van der Waals surface area contributed by atoms with Gasteiger partial charge in [0.25, 0.3) is 11.8 Å². The number of nitrogens with zero attached hydrogens (tertiary/aromatic N) is 4. The maximum absolute atomic E-state index is 12.7. The Labute approximate surface area is 188 Å². The first-order valence-corrected chi connectivity index (χ1v) is 10.3. The summed E-state index contributed by atoms with van der Waals surface area (Å²) in [6.07, 6.45) is 3.34. The summed E-state index contributed by atoms with van der Waals surface area (Å²) in [6.45, 7) is 6.69. The van der Waals surface area contributed by atoms with E-state index in [1.807, 2.05) is 19.0 Å². The average molecular weight is 448 g/mol. The highest BCUT2D eigenvalue weighted by atomic mass is 16.6. The number of carbonyl (C=O) groups is 3. The molecule has 0 saturated heterocycles. The molecule has 32 heavy (non-hydrogen) atoms. The molecule has 0 bridgehead atoms. The zero-order chi connectivity index (χ0) is 24.1. The molecule has 0 fully saturated rings. The maximum Gasteiger partial charge on any atom is 0.413 e. The normalized spacial score (nSPS) is 11.4. The Bertz CT molecular complexity index is 969. The van der Waals surface area contributed by atoms with Crippen LogP contribution in [0.3, 0.4) is 0 Å². The minimum Gasteiger partial charge on any atom is -0.444 e. The maximum atomic E-state index is 12.7. The Morgan fingerprint density at radius 1 is 1.06 bits per heavy atom. The third-order valence-electron chi connectivity index (χ3n) is 4.27. The van der Waals surface area contributed by atoms with E-state index in [2.05, 4.69) is 20.9 Å². The molecule has 0 saturated carbocycles. The van der Waals surface area contributed by atoms with Gasteiger partial charge in [0, 0.05) is 33.0 Å². The molecule has 2 rings (SSSR count). The first-order chi connectivity index (χ1) is 14.9. The van der Waals surface area contributed by atoms with Crippen LogP contribution in [0.4, 0.5) is 16.3 Å². The van der Waals surface area contributed by atoms with E-state index in [0.29, 0.717) is 17.9 Å². The molecule has 0 aromatic carbocycles. The van der Waals surface area contributed by atoms with Crippen LogP contribution in [0.5, 0.6) is 0 Å². The molecule has 3 amide bonds. The van der Waals surface area contributed by atoms with Gasteiger partial charge in [-0.2, -0.15) is 0 Å². The summed E-state index contributed by atoms with van der Waals surface area (Å²) in [6, 6.07) is 1.60. The van der Waals surface area contributed by atoms with Gasteiger partial charge < -0.3 is 29.4 Å². The predicted octanol–water partition coefficient (Wildman–Crippen LogP) is 2.04. The molecule has 0 atom stereocenters. The van der Waals surface area contributed by atoms with Crippen LogP contribution in [0.1, 0.15) is 48.3 Å². The predicted molar refractivity (Wildman–Crippen MR) is 122 cm³/mol. The molecule has 2 heterocycles. The highest BCUT2D eigenvalue weighted by Crippen LogP contribution is 2.16. The molecule has 0 aliphatic rings.